The number of anilines is 1. The lowest BCUT2D eigenvalue weighted by Gasteiger charge is -2.23. The number of nitrogens with zero attached hydrogens (tertiary/aromatic N) is 2. The van der Waals surface area contributed by atoms with E-state index in [1.165, 1.54) is 19.2 Å². The van der Waals surface area contributed by atoms with Gasteiger partial charge in [-0.3, -0.25) is 4.79 Å². The van der Waals surface area contributed by atoms with Crippen molar-refractivity contribution in [1.29, 1.82) is 0 Å². The summed E-state index contributed by atoms with van der Waals surface area (Å²) in [7, 11) is -2.90. The average molecular weight is 455 g/mol. The fourth-order valence-corrected chi connectivity index (χ4v) is 3.88. The van der Waals surface area contributed by atoms with Crippen LogP contribution >= 0.6 is 11.6 Å². The molecule has 1 atom stereocenters. The molecule has 11 heteroatoms. The Hall–Kier alpha value is -2.27. The molecule has 0 spiro atoms. The number of aliphatic carboxylic acids is 1. The molecule has 0 aliphatic carbocycles. The van der Waals surface area contributed by atoms with Gasteiger partial charge in [-0.05, 0) is 31.4 Å². The van der Waals surface area contributed by atoms with Gasteiger partial charge in [0.1, 0.15) is 6.04 Å². The Balaban J connectivity index is 1.86. The summed E-state index contributed by atoms with van der Waals surface area (Å²) >= 11 is 6.28. The molecule has 3 rings (SSSR count). The maximum Gasteiger partial charge on any atom is 0.320 e. The van der Waals surface area contributed by atoms with Crippen LogP contribution in [-0.2, 0) is 26.8 Å². The Labute approximate surface area is 180 Å². The highest BCUT2D eigenvalue weighted by Gasteiger charge is 2.17. The minimum atomic E-state index is -2.90. The predicted octanol–water partition coefficient (Wildman–Crippen LogP) is 1.92. The summed E-state index contributed by atoms with van der Waals surface area (Å²) in [4.78, 5) is 19.7. The molecule has 1 saturated heterocycles. The molecule has 1 fully saturated rings. The first-order chi connectivity index (χ1) is 14.3. The third-order valence-electron chi connectivity index (χ3n) is 4.82. The lowest BCUT2D eigenvalue weighted by atomic mass is 10.1. The van der Waals surface area contributed by atoms with Gasteiger partial charge in [0.2, 0.25) is 5.95 Å². The number of benzene rings is 1. The van der Waals surface area contributed by atoms with Crippen LogP contribution < -0.4 is 10.6 Å². The molecule has 162 valence electrons. The van der Waals surface area contributed by atoms with Gasteiger partial charge < -0.3 is 20.5 Å². The summed E-state index contributed by atoms with van der Waals surface area (Å²) in [6.45, 7) is 2.93. The predicted molar refractivity (Wildman–Crippen MR) is 112 cm³/mol. The van der Waals surface area contributed by atoms with E-state index >= 15 is 0 Å². The third kappa shape index (κ3) is 5.66. The number of ether oxygens (including phenoxy) is 1. The van der Waals surface area contributed by atoms with Crippen molar-refractivity contribution < 1.29 is 23.1 Å². The number of rotatable bonds is 8. The highest BCUT2D eigenvalue weighted by Crippen LogP contribution is 2.29. The van der Waals surface area contributed by atoms with Crippen molar-refractivity contribution >= 4 is 34.2 Å². The highest BCUT2D eigenvalue weighted by molar-refractivity contribution is 7.72. The number of nitrogens with one attached hydrogen (secondary N) is 2. The summed E-state index contributed by atoms with van der Waals surface area (Å²) in [6, 6.07) is 4.21. The van der Waals surface area contributed by atoms with E-state index in [2.05, 4.69) is 20.6 Å². The van der Waals surface area contributed by atoms with Crippen LogP contribution in [0.15, 0.2) is 29.3 Å². The second-order valence-corrected chi connectivity index (χ2v) is 8.37. The van der Waals surface area contributed by atoms with E-state index in [9.17, 15) is 13.2 Å². The van der Waals surface area contributed by atoms with Gasteiger partial charge in [0, 0.05) is 31.4 Å². The Morgan fingerprint density at radius 2 is 2.10 bits per heavy atom. The molecule has 2 aromatic rings. The van der Waals surface area contributed by atoms with Crippen molar-refractivity contribution in [3.63, 3.8) is 0 Å². The number of carboxylic acid groups (broad SMARTS) is 1. The molecule has 1 aromatic heterocycles. The van der Waals surface area contributed by atoms with E-state index in [0.717, 1.165) is 12.8 Å². The lowest BCUT2D eigenvalue weighted by Crippen LogP contribution is -2.33. The minimum absolute atomic E-state index is 0.0845. The molecule has 1 aromatic carbocycles. The van der Waals surface area contributed by atoms with Crippen LogP contribution in [0.5, 0.6) is 0 Å². The summed E-state index contributed by atoms with van der Waals surface area (Å²) < 4.78 is 28.9. The molecule has 0 bridgehead atoms. The number of halogens is 1. The van der Waals surface area contributed by atoms with E-state index in [4.69, 9.17) is 21.4 Å². The monoisotopic (exact) mass is 454 g/mol. The lowest BCUT2D eigenvalue weighted by molar-refractivity contribution is -0.139. The van der Waals surface area contributed by atoms with Crippen LogP contribution in [0.25, 0.3) is 11.3 Å². The van der Waals surface area contributed by atoms with Crippen molar-refractivity contribution in [3.8, 4) is 11.3 Å². The Morgan fingerprint density at radius 1 is 1.37 bits per heavy atom. The molecule has 9 nitrogen and oxygen atoms in total. The van der Waals surface area contributed by atoms with Gasteiger partial charge in [0.05, 0.1) is 21.8 Å². The van der Waals surface area contributed by atoms with Gasteiger partial charge in [-0.25, -0.2) is 18.4 Å². The standard InChI is InChI=1S/C19H23ClN4O5S/c1-11(18(25)26)21-9-13-3-2-12(8-16(13)30(27)28)17-15(20)10-22-19(24-17)23-14-4-6-29-7-5-14/h2-3,8,10-11,14,21,30H,4-7,9H2,1H3,(H,25,26)(H,22,23,24)/t11-/m1/s1. The molecule has 0 amide bonds. The highest BCUT2D eigenvalue weighted by atomic mass is 35.5. The Morgan fingerprint density at radius 3 is 2.77 bits per heavy atom. The molecule has 0 radical (unpaired) electrons. The van der Waals surface area contributed by atoms with Gasteiger partial charge in [0.15, 0.2) is 10.7 Å². The quantitative estimate of drug-likeness (QED) is 0.442. The molecular formula is C19H23ClN4O5S. The molecule has 2 heterocycles. The van der Waals surface area contributed by atoms with Gasteiger partial charge in [-0.1, -0.05) is 23.7 Å². The van der Waals surface area contributed by atoms with Crippen molar-refractivity contribution in [2.75, 3.05) is 18.5 Å². The summed E-state index contributed by atoms with van der Waals surface area (Å²) in [5.74, 6) is -0.604. The van der Waals surface area contributed by atoms with Crippen LogP contribution in [0.4, 0.5) is 5.95 Å². The number of carbonyl (C=O) groups is 1. The van der Waals surface area contributed by atoms with Crippen molar-refractivity contribution in [2.24, 2.45) is 0 Å². The first kappa shape index (κ1) is 22.4. The number of thiol groups is 1. The normalized spacial score (nSPS) is 15.8. The van der Waals surface area contributed by atoms with Crippen molar-refractivity contribution in [2.45, 2.75) is 43.3 Å². The third-order valence-corrected chi connectivity index (χ3v) is 5.91. The zero-order valence-electron chi connectivity index (χ0n) is 16.3. The number of aromatic nitrogens is 2. The molecule has 3 N–H and O–H groups in total. The molecule has 30 heavy (non-hydrogen) atoms. The van der Waals surface area contributed by atoms with Gasteiger partial charge in [-0.2, -0.15) is 0 Å². The number of hydrogen-bond donors (Lipinski definition) is 4. The Bertz CT molecular complexity index is 987. The van der Waals surface area contributed by atoms with E-state index in [-0.39, 0.29) is 17.5 Å². The molecular weight excluding hydrogens is 432 g/mol. The number of carboxylic acids is 1. The SMILES string of the molecule is C[C@@H](NCc1ccc(-c2nc(NC3CCOCC3)ncc2Cl)cc1[SH](=O)=O)C(=O)O. The van der Waals surface area contributed by atoms with E-state index in [1.54, 1.807) is 12.1 Å². The summed E-state index contributed by atoms with van der Waals surface area (Å²) in [5.41, 5.74) is 1.41. The summed E-state index contributed by atoms with van der Waals surface area (Å²) in [6.07, 6.45) is 3.17. The number of hydrogen-bond acceptors (Lipinski definition) is 8. The smallest absolute Gasteiger partial charge is 0.320 e. The van der Waals surface area contributed by atoms with Crippen LogP contribution in [0.1, 0.15) is 25.3 Å². The molecule has 0 saturated carbocycles. The largest absolute Gasteiger partial charge is 0.480 e. The summed E-state index contributed by atoms with van der Waals surface area (Å²) in [5, 5.41) is 15.3. The maximum absolute atomic E-state index is 11.8. The molecule has 1 aliphatic heterocycles. The van der Waals surface area contributed by atoms with Crippen LogP contribution in [0, 0.1) is 0 Å². The molecule has 1 aliphatic rings. The van der Waals surface area contributed by atoms with Crippen molar-refractivity contribution in [1.82, 2.24) is 15.3 Å². The van der Waals surface area contributed by atoms with Gasteiger partial charge >= 0.3 is 5.97 Å². The van der Waals surface area contributed by atoms with Crippen LogP contribution in [0.2, 0.25) is 5.02 Å². The van der Waals surface area contributed by atoms with Crippen LogP contribution in [-0.4, -0.2) is 54.8 Å². The van der Waals surface area contributed by atoms with Crippen molar-refractivity contribution in [3.05, 3.63) is 35.0 Å². The zero-order valence-corrected chi connectivity index (χ0v) is 17.9. The second kappa shape index (κ2) is 10.2. The van der Waals surface area contributed by atoms with E-state index in [0.29, 0.717) is 41.0 Å². The second-order valence-electron chi connectivity index (χ2n) is 6.96. The van der Waals surface area contributed by atoms with E-state index in [1.807, 2.05) is 0 Å². The van der Waals surface area contributed by atoms with Gasteiger partial charge in [-0.15, -0.1) is 0 Å². The fraction of sp³-hybridized carbons (Fsp3) is 0.421. The zero-order chi connectivity index (χ0) is 21.7. The maximum atomic E-state index is 11.8. The van der Waals surface area contributed by atoms with Crippen LogP contribution in [0.3, 0.4) is 0 Å². The minimum Gasteiger partial charge on any atom is -0.480 e. The van der Waals surface area contributed by atoms with E-state index < -0.39 is 22.7 Å². The first-order valence-corrected chi connectivity index (χ1v) is 11.0. The topological polar surface area (TPSA) is 131 Å². The average Bonchev–Trinajstić information content (AvgIpc) is 2.74. The first-order valence-electron chi connectivity index (χ1n) is 9.46. The molecule has 0 unspecified atom stereocenters. The Kier molecular flexibility index (Phi) is 7.59. The fourth-order valence-electron chi connectivity index (χ4n) is 3.04. The van der Waals surface area contributed by atoms with Gasteiger partial charge in [0.25, 0.3) is 0 Å².